The second kappa shape index (κ2) is 5.59. The molecule has 0 fully saturated rings. The van der Waals surface area contributed by atoms with Crippen LogP contribution in [0, 0.1) is 0 Å². The Balaban J connectivity index is 0.00000120. The van der Waals surface area contributed by atoms with Crippen LogP contribution in [0.25, 0.3) is 16.7 Å². The smallest absolute Gasteiger partial charge is 0.298 e. The van der Waals surface area contributed by atoms with Gasteiger partial charge in [-0.1, -0.05) is 18.2 Å². The zero-order valence-corrected chi connectivity index (χ0v) is 12.3. The summed E-state index contributed by atoms with van der Waals surface area (Å²) in [5.41, 5.74) is 1.18. The topological polar surface area (TPSA) is 19.7 Å². The lowest BCUT2D eigenvalue weighted by Crippen LogP contribution is -3.00. The Labute approximate surface area is 121 Å². The third kappa shape index (κ3) is 2.18. The number of H-pyrrole nitrogens is 1. The van der Waals surface area contributed by atoms with Crippen LogP contribution in [0.4, 0.5) is 0 Å². The van der Waals surface area contributed by atoms with Gasteiger partial charge in [0.25, 0.3) is 5.82 Å². The number of hydrogen-bond donors (Lipinski definition) is 1. The Morgan fingerprint density at radius 2 is 1.72 bits per heavy atom. The minimum Gasteiger partial charge on any atom is -1.00 e. The SMILES string of the molecule is CSc1c(-[n+]2ccccc2)[nH]c2ccccc12.[Br-]. The molecular weight excluding hydrogens is 308 g/mol. The first-order valence-electron chi connectivity index (χ1n) is 5.51. The number of rotatable bonds is 2. The second-order valence-electron chi connectivity index (χ2n) is 3.84. The van der Waals surface area contributed by atoms with Crippen molar-refractivity contribution in [2.75, 3.05) is 6.26 Å². The van der Waals surface area contributed by atoms with Crippen molar-refractivity contribution < 1.29 is 21.5 Å². The van der Waals surface area contributed by atoms with Gasteiger partial charge in [-0.05, 0) is 30.5 Å². The number of benzene rings is 1. The summed E-state index contributed by atoms with van der Waals surface area (Å²) in [6, 6.07) is 14.5. The molecule has 0 saturated carbocycles. The maximum Gasteiger partial charge on any atom is 0.298 e. The molecule has 0 radical (unpaired) electrons. The maximum atomic E-state index is 3.47. The minimum atomic E-state index is 0. The van der Waals surface area contributed by atoms with E-state index in [2.05, 4.69) is 52.5 Å². The Hall–Kier alpha value is -1.26. The van der Waals surface area contributed by atoms with Crippen molar-refractivity contribution in [1.82, 2.24) is 4.98 Å². The summed E-state index contributed by atoms with van der Waals surface area (Å²) in [4.78, 5) is 4.76. The van der Waals surface area contributed by atoms with Crippen LogP contribution in [-0.4, -0.2) is 11.2 Å². The molecule has 0 atom stereocenters. The molecule has 2 heterocycles. The van der Waals surface area contributed by atoms with Gasteiger partial charge in [0.1, 0.15) is 10.4 Å². The third-order valence-corrected chi connectivity index (χ3v) is 3.64. The molecule has 3 rings (SSSR count). The Bertz CT molecular complexity index is 649. The van der Waals surface area contributed by atoms with Crippen molar-refractivity contribution in [3.05, 3.63) is 54.9 Å². The van der Waals surface area contributed by atoms with Crippen LogP contribution < -0.4 is 21.5 Å². The number of fused-ring (bicyclic) bond motifs is 1. The van der Waals surface area contributed by atoms with Gasteiger partial charge in [-0.2, -0.15) is 0 Å². The van der Waals surface area contributed by atoms with E-state index in [4.69, 9.17) is 0 Å². The first-order chi connectivity index (χ1) is 8.40. The van der Waals surface area contributed by atoms with Crippen LogP contribution in [-0.2, 0) is 0 Å². The number of hydrogen-bond acceptors (Lipinski definition) is 1. The Kier molecular flexibility index (Phi) is 4.09. The number of aromatic amines is 1. The molecule has 4 heteroatoms. The number of para-hydroxylation sites is 1. The summed E-state index contributed by atoms with van der Waals surface area (Å²) >= 11 is 1.77. The first-order valence-corrected chi connectivity index (χ1v) is 6.74. The average Bonchev–Trinajstić information content (AvgIpc) is 2.78. The number of pyridine rings is 1. The van der Waals surface area contributed by atoms with E-state index in [-0.39, 0.29) is 17.0 Å². The number of halogens is 1. The highest BCUT2D eigenvalue weighted by Crippen LogP contribution is 2.29. The first kappa shape index (κ1) is 13.2. The summed E-state index contributed by atoms with van der Waals surface area (Å²) in [7, 11) is 0. The van der Waals surface area contributed by atoms with Gasteiger partial charge in [-0.15, -0.1) is 11.8 Å². The Morgan fingerprint density at radius 1 is 1.00 bits per heavy atom. The summed E-state index contributed by atoms with van der Waals surface area (Å²) in [5, 5.41) is 1.28. The minimum absolute atomic E-state index is 0. The second-order valence-corrected chi connectivity index (χ2v) is 4.65. The molecule has 0 aliphatic rings. The molecule has 92 valence electrons. The van der Waals surface area contributed by atoms with E-state index >= 15 is 0 Å². The summed E-state index contributed by atoms with van der Waals surface area (Å²) in [6.07, 6.45) is 6.23. The van der Waals surface area contributed by atoms with E-state index in [1.54, 1.807) is 11.8 Å². The summed E-state index contributed by atoms with van der Waals surface area (Å²) < 4.78 is 2.12. The van der Waals surface area contributed by atoms with Crippen LogP contribution in [0.15, 0.2) is 59.8 Å². The summed E-state index contributed by atoms with van der Waals surface area (Å²) in [6.45, 7) is 0. The molecule has 0 amide bonds. The van der Waals surface area contributed by atoms with Crippen molar-refractivity contribution in [2.24, 2.45) is 0 Å². The zero-order chi connectivity index (χ0) is 11.7. The highest BCUT2D eigenvalue weighted by Gasteiger charge is 2.18. The van der Waals surface area contributed by atoms with E-state index < -0.39 is 0 Å². The molecule has 0 aliphatic heterocycles. The zero-order valence-electron chi connectivity index (χ0n) is 9.93. The fraction of sp³-hybridized carbons (Fsp3) is 0.0714. The fourth-order valence-electron chi connectivity index (χ4n) is 2.04. The summed E-state index contributed by atoms with van der Waals surface area (Å²) in [5.74, 6) is 1.14. The molecule has 0 spiro atoms. The van der Waals surface area contributed by atoms with Crippen molar-refractivity contribution in [3.63, 3.8) is 0 Å². The standard InChI is InChI=1S/C14H13N2S.BrH/c1-17-13-11-7-3-4-8-12(11)15-14(13)16-9-5-2-6-10-16;/h2-10,15H,1H3;1H/q+1;/p-1. The van der Waals surface area contributed by atoms with E-state index in [1.807, 2.05) is 18.2 Å². The maximum absolute atomic E-state index is 3.47. The average molecular weight is 321 g/mol. The van der Waals surface area contributed by atoms with Crippen LogP contribution in [0.5, 0.6) is 0 Å². The van der Waals surface area contributed by atoms with Gasteiger partial charge in [-0.25, -0.2) is 9.55 Å². The molecule has 0 unspecified atom stereocenters. The van der Waals surface area contributed by atoms with Gasteiger partial charge in [-0.3, -0.25) is 0 Å². The van der Waals surface area contributed by atoms with Gasteiger partial charge >= 0.3 is 0 Å². The van der Waals surface area contributed by atoms with Gasteiger partial charge in [0.05, 0.1) is 12.4 Å². The molecule has 1 aromatic carbocycles. The third-order valence-electron chi connectivity index (χ3n) is 2.82. The van der Waals surface area contributed by atoms with Crippen LogP contribution >= 0.6 is 11.8 Å². The number of aromatic nitrogens is 2. The fourth-order valence-corrected chi connectivity index (χ4v) is 2.79. The number of nitrogens with zero attached hydrogens (tertiary/aromatic N) is 1. The number of nitrogens with one attached hydrogen (secondary N) is 1. The van der Waals surface area contributed by atoms with Crippen molar-refractivity contribution in [1.29, 1.82) is 0 Å². The molecule has 0 aliphatic carbocycles. The van der Waals surface area contributed by atoms with E-state index in [0.717, 1.165) is 5.82 Å². The normalized spacial score (nSPS) is 10.3. The molecule has 1 N–H and O–H groups in total. The highest BCUT2D eigenvalue weighted by molar-refractivity contribution is 7.99. The lowest BCUT2D eigenvalue weighted by atomic mass is 10.2. The molecule has 0 saturated heterocycles. The highest BCUT2D eigenvalue weighted by atomic mass is 79.9. The molecule has 2 aromatic heterocycles. The predicted molar refractivity (Wildman–Crippen MR) is 71.6 cm³/mol. The number of thioether (sulfide) groups is 1. The van der Waals surface area contributed by atoms with E-state index in [0.29, 0.717) is 0 Å². The monoisotopic (exact) mass is 320 g/mol. The van der Waals surface area contributed by atoms with Gasteiger partial charge in [0, 0.05) is 5.39 Å². The van der Waals surface area contributed by atoms with Crippen molar-refractivity contribution in [2.45, 2.75) is 4.90 Å². The van der Waals surface area contributed by atoms with Crippen molar-refractivity contribution in [3.8, 4) is 5.82 Å². The van der Waals surface area contributed by atoms with Crippen molar-refractivity contribution >= 4 is 22.7 Å². The lowest BCUT2D eigenvalue weighted by Gasteiger charge is -1.96. The van der Waals surface area contributed by atoms with E-state index in [9.17, 15) is 0 Å². The molecule has 18 heavy (non-hydrogen) atoms. The van der Waals surface area contributed by atoms with Crippen LogP contribution in [0.3, 0.4) is 0 Å². The largest absolute Gasteiger partial charge is 1.00 e. The van der Waals surface area contributed by atoms with Gasteiger partial charge in [0.15, 0.2) is 0 Å². The lowest BCUT2D eigenvalue weighted by molar-refractivity contribution is -0.601. The van der Waals surface area contributed by atoms with E-state index in [1.165, 1.54) is 15.8 Å². The Morgan fingerprint density at radius 3 is 2.44 bits per heavy atom. The van der Waals surface area contributed by atoms with Crippen LogP contribution in [0.1, 0.15) is 0 Å². The molecule has 3 aromatic rings. The predicted octanol–water partition coefficient (Wildman–Crippen LogP) is 0.170. The molecular formula is C14H13BrN2S. The molecule has 0 bridgehead atoms. The van der Waals surface area contributed by atoms with Crippen LogP contribution in [0.2, 0.25) is 0 Å². The quantitative estimate of drug-likeness (QED) is 0.527. The van der Waals surface area contributed by atoms with Gasteiger partial charge in [0.2, 0.25) is 0 Å². The van der Waals surface area contributed by atoms with Gasteiger partial charge < -0.3 is 17.0 Å². The molecule has 2 nitrogen and oxygen atoms in total.